The molecule has 0 spiro atoms. The summed E-state index contributed by atoms with van der Waals surface area (Å²) in [6.07, 6.45) is 7.31. The molecule has 0 aliphatic heterocycles. The maximum Gasteiger partial charge on any atom is 0.257 e. The second-order valence-corrected chi connectivity index (χ2v) is 5.75. The Morgan fingerprint density at radius 1 is 1.00 bits per heavy atom. The third-order valence-corrected chi connectivity index (χ3v) is 4.04. The highest BCUT2D eigenvalue weighted by Crippen LogP contribution is 2.26. The van der Waals surface area contributed by atoms with Crippen molar-refractivity contribution in [1.29, 1.82) is 0 Å². The summed E-state index contributed by atoms with van der Waals surface area (Å²) >= 11 is 0. The Balaban J connectivity index is 1.65. The van der Waals surface area contributed by atoms with Crippen molar-refractivity contribution in [1.82, 2.24) is 4.98 Å². The van der Waals surface area contributed by atoms with Crippen molar-refractivity contribution >= 4 is 23.2 Å². The lowest BCUT2D eigenvalue weighted by molar-refractivity contribution is -0.119. The fourth-order valence-electron chi connectivity index (χ4n) is 2.81. The Kier molecular flexibility index (Phi) is 4.66. The first kappa shape index (κ1) is 15.2. The topological polar surface area (TPSA) is 71.1 Å². The summed E-state index contributed by atoms with van der Waals surface area (Å²) in [6.45, 7) is 0. The number of aromatic nitrogens is 1. The molecule has 5 heteroatoms. The van der Waals surface area contributed by atoms with E-state index in [1.807, 2.05) is 12.1 Å². The van der Waals surface area contributed by atoms with Gasteiger partial charge in [-0.3, -0.25) is 14.6 Å². The third kappa shape index (κ3) is 3.94. The zero-order chi connectivity index (χ0) is 16.1. The largest absolute Gasteiger partial charge is 0.326 e. The number of rotatable bonds is 4. The van der Waals surface area contributed by atoms with Gasteiger partial charge in [-0.05, 0) is 43.2 Å². The molecule has 1 fully saturated rings. The molecule has 3 rings (SSSR count). The van der Waals surface area contributed by atoms with Gasteiger partial charge in [0.2, 0.25) is 5.91 Å². The fourth-order valence-corrected chi connectivity index (χ4v) is 2.81. The van der Waals surface area contributed by atoms with E-state index < -0.39 is 0 Å². The summed E-state index contributed by atoms with van der Waals surface area (Å²) in [5.41, 5.74) is 1.84. The summed E-state index contributed by atoms with van der Waals surface area (Å²) in [7, 11) is 0. The molecule has 0 atom stereocenters. The first-order valence-electron chi connectivity index (χ1n) is 7.85. The SMILES string of the molecule is O=C(Nc1cccc(NC(=O)C2CCCC2)c1)c1cccnc1. The average molecular weight is 309 g/mol. The number of nitrogens with one attached hydrogen (secondary N) is 2. The quantitative estimate of drug-likeness (QED) is 0.908. The highest BCUT2D eigenvalue weighted by molar-refractivity contribution is 6.04. The van der Waals surface area contributed by atoms with Crippen LogP contribution in [0.4, 0.5) is 11.4 Å². The van der Waals surface area contributed by atoms with Crippen LogP contribution in [-0.4, -0.2) is 16.8 Å². The summed E-state index contributed by atoms with van der Waals surface area (Å²) in [5, 5.41) is 5.75. The van der Waals surface area contributed by atoms with Gasteiger partial charge in [0.25, 0.3) is 5.91 Å². The molecule has 2 amide bonds. The minimum atomic E-state index is -0.225. The van der Waals surface area contributed by atoms with E-state index in [0.29, 0.717) is 16.9 Å². The number of carbonyl (C=O) groups excluding carboxylic acids is 2. The van der Waals surface area contributed by atoms with Crippen LogP contribution in [-0.2, 0) is 4.79 Å². The maximum atomic E-state index is 12.2. The molecule has 1 aliphatic carbocycles. The summed E-state index contributed by atoms with van der Waals surface area (Å²) in [6, 6.07) is 10.6. The molecule has 23 heavy (non-hydrogen) atoms. The number of hydrogen-bond acceptors (Lipinski definition) is 3. The normalized spacial score (nSPS) is 14.4. The van der Waals surface area contributed by atoms with Crippen LogP contribution in [0.15, 0.2) is 48.8 Å². The lowest BCUT2D eigenvalue weighted by atomic mass is 10.1. The van der Waals surface area contributed by atoms with Crippen LogP contribution in [0.5, 0.6) is 0 Å². The van der Waals surface area contributed by atoms with E-state index in [9.17, 15) is 9.59 Å². The maximum absolute atomic E-state index is 12.2. The van der Waals surface area contributed by atoms with E-state index >= 15 is 0 Å². The van der Waals surface area contributed by atoms with E-state index in [0.717, 1.165) is 25.7 Å². The fraction of sp³-hybridized carbons (Fsp3) is 0.278. The van der Waals surface area contributed by atoms with Gasteiger partial charge in [0.15, 0.2) is 0 Å². The minimum Gasteiger partial charge on any atom is -0.326 e. The lowest BCUT2D eigenvalue weighted by Crippen LogP contribution is -2.20. The highest BCUT2D eigenvalue weighted by atomic mass is 16.2. The van der Waals surface area contributed by atoms with Gasteiger partial charge in [0.05, 0.1) is 5.56 Å². The molecule has 0 radical (unpaired) electrons. The van der Waals surface area contributed by atoms with Crippen molar-refractivity contribution in [3.8, 4) is 0 Å². The van der Waals surface area contributed by atoms with Gasteiger partial charge in [0, 0.05) is 29.7 Å². The summed E-state index contributed by atoms with van der Waals surface area (Å²) in [5.74, 6) is -0.0424. The molecule has 2 aromatic rings. The van der Waals surface area contributed by atoms with Gasteiger partial charge < -0.3 is 10.6 Å². The van der Waals surface area contributed by atoms with Crippen LogP contribution in [0.2, 0.25) is 0 Å². The first-order chi connectivity index (χ1) is 11.2. The Hall–Kier alpha value is -2.69. The molecule has 1 aromatic heterocycles. The molecular weight excluding hydrogens is 290 g/mol. The molecule has 1 aromatic carbocycles. The van der Waals surface area contributed by atoms with Crippen LogP contribution >= 0.6 is 0 Å². The van der Waals surface area contributed by atoms with E-state index in [1.165, 1.54) is 6.20 Å². The number of benzene rings is 1. The van der Waals surface area contributed by atoms with Gasteiger partial charge in [-0.2, -0.15) is 0 Å². The van der Waals surface area contributed by atoms with Crippen LogP contribution in [0.3, 0.4) is 0 Å². The number of carbonyl (C=O) groups is 2. The van der Waals surface area contributed by atoms with Gasteiger partial charge in [-0.25, -0.2) is 0 Å². The Morgan fingerprint density at radius 3 is 2.43 bits per heavy atom. The predicted octanol–water partition coefficient (Wildman–Crippen LogP) is 3.46. The van der Waals surface area contributed by atoms with E-state index in [4.69, 9.17) is 0 Å². The molecule has 1 heterocycles. The predicted molar refractivity (Wildman–Crippen MR) is 89.2 cm³/mol. The van der Waals surface area contributed by atoms with Gasteiger partial charge in [0.1, 0.15) is 0 Å². The molecular formula is C18H19N3O2. The van der Waals surface area contributed by atoms with Crippen molar-refractivity contribution in [2.24, 2.45) is 5.92 Å². The molecule has 5 nitrogen and oxygen atoms in total. The summed E-state index contributed by atoms with van der Waals surface area (Å²) < 4.78 is 0. The summed E-state index contributed by atoms with van der Waals surface area (Å²) in [4.78, 5) is 28.2. The number of nitrogens with zero attached hydrogens (tertiary/aromatic N) is 1. The van der Waals surface area contributed by atoms with Crippen LogP contribution in [0.1, 0.15) is 36.0 Å². The van der Waals surface area contributed by atoms with Crippen LogP contribution in [0, 0.1) is 5.92 Å². The second-order valence-electron chi connectivity index (χ2n) is 5.75. The Morgan fingerprint density at radius 2 is 1.74 bits per heavy atom. The Bertz CT molecular complexity index is 694. The average Bonchev–Trinajstić information content (AvgIpc) is 3.10. The third-order valence-electron chi connectivity index (χ3n) is 4.04. The monoisotopic (exact) mass is 309 g/mol. The number of anilines is 2. The standard InChI is InChI=1S/C18H19N3O2/c22-17(13-5-1-2-6-13)20-15-8-3-9-16(11-15)21-18(23)14-7-4-10-19-12-14/h3-4,7-13H,1-2,5-6H2,(H,20,22)(H,21,23). The van der Waals surface area contributed by atoms with Crippen molar-refractivity contribution in [3.05, 3.63) is 54.4 Å². The van der Waals surface area contributed by atoms with E-state index in [2.05, 4.69) is 15.6 Å². The van der Waals surface area contributed by atoms with Crippen LogP contribution < -0.4 is 10.6 Å². The number of amides is 2. The first-order valence-corrected chi connectivity index (χ1v) is 7.85. The molecule has 2 N–H and O–H groups in total. The van der Waals surface area contributed by atoms with Gasteiger partial charge in [-0.15, -0.1) is 0 Å². The minimum absolute atomic E-state index is 0.0678. The van der Waals surface area contributed by atoms with Crippen molar-refractivity contribution in [2.45, 2.75) is 25.7 Å². The molecule has 0 unspecified atom stereocenters. The molecule has 0 bridgehead atoms. The second kappa shape index (κ2) is 7.05. The van der Waals surface area contributed by atoms with Crippen molar-refractivity contribution < 1.29 is 9.59 Å². The molecule has 118 valence electrons. The molecule has 1 aliphatic rings. The van der Waals surface area contributed by atoms with E-state index in [-0.39, 0.29) is 17.7 Å². The zero-order valence-electron chi connectivity index (χ0n) is 12.8. The van der Waals surface area contributed by atoms with E-state index in [1.54, 1.807) is 30.5 Å². The number of hydrogen-bond donors (Lipinski definition) is 2. The van der Waals surface area contributed by atoms with Crippen molar-refractivity contribution in [2.75, 3.05) is 10.6 Å². The van der Waals surface area contributed by atoms with Crippen molar-refractivity contribution in [3.63, 3.8) is 0 Å². The zero-order valence-corrected chi connectivity index (χ0v) is 12.8. The molecule has 1 saturated carbocycles. The molecule has 0 saturated heterocycles. The van der Waals surface area contributed by atoms with Crippen LogP contribution in [0.25, 0.3) is 0 Å². The number of pyridine rings is 1. The van der Waals surface area contributed by atoms with Gasteiger partial charge in [-0.1, -0.05) is 18.9 Å². The smallest absolute Gasteiger partial charge is 0.257 e. The van der Waals surface area contributed by atoms with Gasteiger partial charge >= 0.3 is 0 Å². The lowest BCUT2D eigenvalue weighted by Gasteiger charge is -2.12. The Labute approximate surface area is 135 Å². The highest BCUT2D eigenvalue weighted by Gasteiger charge is 2.22.